The fourth-order valence-corrected chi connectivity index (χ4v) is 2.32. The highest BCUT2D eigenvalue weighted by atomic mass is 19.1. The van der Waals surface area contributed by atoms with Gasteiger partial charge in [0, 0.05) is 5.56 Å². The Morgan fingerprint density at radius 3 is 2.82 bits per heavy atom. The number of benzene rings is 1. The smallest absolute Gasteiger partial charge is 0.123 e. The van der Waals surface area contributed by atoms with E-state index in [1.54, 1.807) is 12.1 Å². The lowest BCUT2D eigenvalue weighted by Crippen LogP contribution is -2.05. The van der Waals surface area contributed by atoms with Crippen molar-refractivity contribution in [1.29, 1.82) is 0 Å². The number of hydrogen-bond acceptors (Lipinski definition) is 2. The molecule has 3 heteroatoms. The third-order valence-electron chi connectivity index (χ3n) is 3.77. The molecule has 92 valence electrons. The van der Waals surface area contributed by atoms with E-state index in [9.17, 15) is 4.39 Å². The molecule has 2 saturated carbocycles. The standard InChI is InChI=1S/C14H18FNO/c15-11-3-4-14(17-8-9-1-2-9)13(6-11)12-5-10(12)7-16/h3-4,6,9-10,12H,1-2,5,7-8,16H2/t10-,12-/m0/s1. The zero-order valence-electron chi connectivity index (χ0n) is 9.86. The van der Waals surface area contributed by atoms with E-state index in [-0.39, 0.29) is 5.82 Å². The van der Waals surface area contributed by atoms with Crippen molar-refractivity contribution in [3.8, 4) is 5.75 Å². The lowest BCUT2D eigenvalue weighted by atomic mass is 10.1. The molecule has 0 aliphatic heterocycles. The molecular formula is C14H18FNO. The molecule has 1 aromatic carbocycles. The molecule has 0 amide bonds. The summed E-state index contributed by atoms with van der Waals surface area (Å²) in [6, 6.07) is 4.85. The fourth-order valence-electron chi connectivity index (χ4n) is 2.32. The van der Waals surface area contributed by atoms with Crippen molar-refractivity contribution in [3.05, 3.63) is 29.6 Å². The summed E-state index contributed by atoms with van der Waals surface area (Å²) >= 11 is 0. The maximum Gasteiger partial charge on any atom is 0.123 e. The molecule has 0 unspecified atom stereocenters. The van der Waals surface area contributed by atoms with Crippen molar-refractivity contribution >= 4 is 0 Å². The van der Waals surface area contributed by atoms with Crippen LogP contribution in [0.3, 0.4) is 0 Å². The van der Waals surface area contributed by atoms with Crippen molar-refractivity contribution in [2.75, 3.05) is 13.2 Å². The van der Waals surface area contributed by atoms with Crippen LogP contribution in [0.2, 0.25) is 0 Å². The zero-order valence-corrected chi connectivity index (χ0v) is 9.86. The van der Waals surface area contributed by atoms with Crippen LogP contribution in [-0.2, 0) is 0 Å². The van der Waals surface area contributed by atoms with Gasteiger partial charge < -0.3 is 10.5 Å². The van der Waals surface area contributed by atoms with Crippen LogP contribution in [0.4, 0.5) is 4.39 Å². The normalized spacial score (nSPS) is 26.9. The van der Waals surface area contributed by atoms with Crippen molar-refractivity contribution in [1.82, 2.24) is 0 Å². The second kappa shape index (κ2) is 4.30. The fraction of sp³-hybridized carbons (Fsp3) is 0.571. The van der Waals surface area contributed by atoms with Gasteiger partial charge in [0.2, 0.25) is 0 Å². The predicted octanol–water partition coefficient (Wildman–Crippen LogP) is 2.68. The molecule has 0 radical (unpaired) electrons. The summed E-state index contributed by atoms with van der Waals surface area (Å²) in [5.41, 5.74) is 6.66. The molecule has 2 aliphatic carbocycles. The summed E-state index contributed by atoms with van der Waals surface area (Å²) in [4.78, 5) is 0. The van der Waals surface area contributed by atoms with E-state index in [0.29, 0.717) is 18.4 Å². The number of rotatable bonds is 5. The average molecular weight is 235 g/mol. The van der Waals surface area contributed by atoms with Crippen LogP contribution < -0.4 is 10.5 Å². The first-order valence-corrected chi connectivity index (χ1v) is 6.40. The third kappa shape index (κ3) is 2.44. The summed E-state index contributed by atoms with van der Waals surface area (Å²) < 4.78 is 19.1. The van der Waals surface area contributed by atoms with Gasteiger partial charge in [-0.25, -0.2) is 4.39 Å². The first kappa shape index (κ1) is 11.0. The number of hydrogen-bond donors (Lipinski definition) is 1. The minimum absolute atomic E-state index is 0.179. The highest BCUT2D eigenvalue weighted by molar-refractivity contribution is 5.40. The molecule has 0 heterocycles. The Bertz CT molecular complexity index is 417. The van der Waals surface area contributed by atoms with Crippen molar-refractivity contribution in [2.45, 2.75) is 25.2 Å². The summed E-state index contributed by atoms with van der Waals surface area (Å²) in [7, 11) is 0. The van der Waals surface area contributed by atoms with E-state index < -0.39 is 0 Å². The molecule has 2 fully saturated rings. The third-order valence-corrected chi connectivity index (χ3v) is 3.77. The molecule has 2 atom stereocenters. The highest BCUT2D eigenvalue weighted by Gasteiger charge is 2.39. The second-order valence-corrected chi connectivity index (χ2v) is 5.27. The van der Waals surface area contributed by atoms with E-state index in [1.807, 2.05) is 0 Å². The van der Waals surface area contributed by atoms with Crippen LogP contribution in [0.25, 0.3) is 0 Å². The Morgan fingerprint density at radius 1 is 1.35 bits per heavy atom. The van der Waals surface area contributed by atoms with Crippen LogP contribution in [0.5, 0.6) is 5.75 Å². The van der Waals surface area contributed by atoms with Gasteiger partial charge in [-0.05, 0) is 61.8 Å². The molecule has 0 aromatic heterocycles. The van der Waals surface area contributed by atoms with Crippen molar-refractivity contribution in [2.24, 2.45) is 17.6 Å². The molecule has 3 rings (SSSR count). The summed E-state index contributed by atoms with van der Waals surface area (Å²) in [6.07, 6.45) is 3.61. The Labute approximate surface area is 101 Å². The maximum absolute atomic E-state index is 13.3. The quantitative estimate of drug-likeness (QED) is 0.851. The van der Waals surface area contributed by atoms with Crippen molar-refractivity contribution < 1.29 is 9.13 Å². The van der Waals surface area contributed by atoms with Gasteiger partial charge in [-0.15, -0.1) is 0 Å². The van der Waals surface area contributed by atoms with Gasteiger partial charge in [0.1, 0.15) is 11.6 Å². The molecule has 17 heavy (non-hydrogen) atoms. The van der Waals surface area contributed by atoms with E-state index in [4.69, 9.17) is 10.5 Å². The monoisotopic (exact) mass is 235 g/mol. The van der Waals surface area contributed by atoms with Crippen LogP contribution in [0.1, 0.15) is 30.7 Å². The Balaban J connectivity index is 1.75. The molecule has 0 saturated heterocycles. The molecule has 0 spiro atoms. The van der Waals surface area contributed by atoms with Crippen LogP contribution >= 0.6 is 0 Å². The van der Waals surface area contributed by atoms with Gasteiger partial charge in [0.15, 0.2) is 0 Å². The van der Waals surface area contributed by atoms with Gasteiger partial charge in [0.25, 0.3) is 0 Å². The van der Waals surface area contributed by atoms with Gasteiger partial charge in [-0.3, -0.25) is 0 Å². The minimum Gasteiger partial charge on any atom is -0.493 e. The first-order valence-electron chi connectivity index (χ1n) is 6.40. The largest absolute Gasteiger partial charge is 0.493 e. The van der Waals surface area contributed by atoms with E-state index in [0.717, 1.165) is 30.3 Å². The van der Waals surface area contributed by atoms with Crippen molar-refractivity contribution in [3.63, 3.8) is 0 Å². The number of halogens is 1. The average Bonchev–Trinajstić information content (AvgIpc) is 3.21. The van der Waals surface area contributed by atoms with Gasteiger partial charge in [0.05, 0.1) is 6.61 Å². The van der Waals surface area contributed by atoms with Crippen LogP contribution in [0, 0.1) is 17.7 Å². The second-order valence-electron chi connectivity index (χ2n) is 5.27. The van der Waals surface area contributed by atoms with Crippen LogP contribution in [-0.4, -0.2) is 13.2 Å². The predicted molar refractivity (Wildman–Crippen MR) is 64.5 cm³/mol. The SMILES string of the molecule is NC[C@@H]1C[C@@H]1c1cc(F)ccc1OCC1CC1. The topological polar surface area (TPSA) is 35.2 Å². The number of nitrogens with two attached hydrogens (primary N) is 1. The molecule has 2 nitrogen and oxygen atoms in total. The van der Waals surface area contributed by atoms with E-state index in [2.05, 4.69) is 0 Å². The summed E-state index contributed by atoms with van der Waals surface area (Å²) in [6.45, 7) is 1.46. The highest BCUT2D eigenvalue weighted by Crippen LogP contribution is 2.50. The zero-order chi connectivity index (χ0) is 11.8. The van der Waals surface area contributed by atoms with Crippen LogP contribution in [0.15, 0.2) is 18.2 Å². The molecule has 2 N–H and O–H groups in total. The molecule has 0 bridgehead atoms. The Hall–Kier alpha value is -1.09. The molecule has 1 aromatic rings. The first-order chi connectivity index (χ1) is 8.28. The summed E-state index contributed by atoms with van der Waals surface area (Å²) in [5.74, 6) is 2.32. The van der Waals surface area contributed by atoms with Gasteiger partial charge in [-0.2, -0.15) is 0 Å². The van der Waals surface area contributed by atoms with E-state index >= 15 is 0 Å². The lowest BCUT2D eigenvalue weighted by Gasteiger charge is -2.11. The number of ether oxygens (including phenoxy) is 1. The lowest BCUT2D eigenvalue weighted by molar-refractivity contribution is 0.296. The Morgan fingerprint density at radius 2 is 2.18 bits per heavy atom. The maximum atomic E-state index is 13.3. The van der Waals surface area contributed by atoms with E-state index in [1.165, 1.54) is 18.9 Å². The Kier molecular flexibility index (Phi) is 2.79. The van der Waals surface area contributed by atoms with Gasteiger partial charge in [-0.1, -0.05) is 0 Å². The summed E-state index contributed by atoms with van der Waals surface area (Å²) in [5, 5.41) is 0. The van der Waals surface area contributed by atoms with Gasteiger partial charge >= 0.3 is 0 Å². The minimum atomic E-state index is -0.179. The molecular weight excluding hydrogens is 217 g/mol. The molecule has 2 aliphatic rings.